The van der Waals surface area contributed by atoms with Crippen molar-refractivity contribution in [1.82, 2.24) is 5.32 Å². The van der Waals surface area contributed by atoms with Gasteiger partial charge in [-0.3, -0.25) is 4.79 Å². The first-order valence-corrected chi connectivity index (χ1v) is 6.67. The van der Waals surface area contributed by atoms with Gasteiger partial charge in [-0.1, -0.05) is 19.8 Å². The lowest BCUT2D eigenvalue weighted by atomic mass is 9.88. The summed E-state index contributed by atoms with van der Waals surface area (Å²) in [5, 5.41) is 3.44. The summed E-state index contributed by atoms with van der Waals surface area (Å²) in [6.45, 7) is 4.49. The molecule has 0 radical (unpaired) electrons. The minimum atomic E-state index is 0.120. The zero-order valence-corrected chi connectivity index (χ0v) is 10.2. The Kier molecular flexibility index (Phi) is 4.36. The maximum atomic E-state index is 12.3. The molecule has 0 spiro atoms. The molecule has 0 amide bonds. The molecule has 0 aromatic heterocycles. The molecule has 1 saturated heterocycles. The Morgan fingerprint density at radius 3 is 2.75 bits per heavy atom. The SMILES string of the molecule is CCCNC1COCC1C(=O)C1CCCC1. The van der Waals surface area contributed by atoms with E-state index in [4.69, 9.17) is 4.74 Å². The Bertz CT molecular complexity index is 236. The van der Waals surface area contributed by atoms with Crippen molar-refractivity contribution >= 4 is 5.78 Å². The average molecular weight is 225 g/mol. The van der Waals surface area contributed by atoms with Gasteiger partial charge in [0.25, 0.3) is 0 Å². The third-order valence-electron chi connectivity index (χ3n) is 3.86. The van der Waals surface area contributed by atoms with E-state index in [9.17, 15) is 4.79 Å². The minimum Gasteiger partial charge on any atom is -0.379 e. The molecule has 2 atom stereocenters. The van der Waals surface area contributed by atoms with Crippen molar-refractivity contribution in [3.63, 3.8) is 0 Å². The monoisotopic (exact) mass is 225 g/mol. The standard InChI is InChI=1S/C13H23NO2/c1-2-7-14-12-9-16-8-11(12)13(15)10-5-3-4-6-10/h10-12,14H,2-9H2,1H3. The van der Waals surface area contributed by atoms with Gasteiger partial charge in [-0.05, 0) is 25.8 Å². The molecule has 0 bridgehead atoms. The zero-order chi connectivity index (χ0) is 11.4. The number of hydrogen-bond acceptors (Lipinski definition) is 3. The topological polar surface area (TPSA) is 38.3 Å². The van der Waals surface area contributed by atoms with Gasteiger partial charge < -0.3 is 10.1 Å². The van der Waals surface area contributed by atoms with Crippen molar-refractivity contribution in [3.05, 3.63) is 0 Å². The quantitative estimate of drug-likeness (QED) is 0.775. The predicted octanol–water partition coefficient (Wildman–Crippen LogP) is 1.76. The fourth-order valence-corrected chi connectivity index (χ4v) is 2.88. The van der Waals surface area contributed by atoms with Crippen LogP contribution in [0.3, 0.4) is 0 Å². The van der Waals surface area contributed by atoms with Crippen LogP contribution in [-0.2, 0) is 9.53 Å². The summed E-state index contributed by atoms with van der Waals surface area (Å²) in [5.41, 5.74) is 0. The molecule has 2 rings (SSSR count). The number of hydrogen-bond donors (Lipinski definition) is 1. The normalized spacial score (nSPS) is 31.1. The summed E-state index contributed by atoms with van der Waals surface area (Å²) >= 11 is 0. The number of Topliss-reactive ketones (excluding diaryl/α,β-unsaturated/α-hetero) is 1. The maximum Gasteiger partial charge on any atom is 0.142 e. The van der Waals surface area contributed by atoms with E-state index in [0.29, 0.717) is 24.9 Å². The second-order valence-corrected chi connectivity index (χ2v) is 5.09. The van der Waals surface area contributed by atoms with E-state index < -0.39 is 0 Å². The van der Waals surface area contributed by atoms with Crippen molar-refractivity contribution < 1.29 is 9.53 Å². The molecule has 1 aliphatic heterocycles. The van der Waals surface area contributed by atoms with Gasteiger partial charge in [0, 0.05) is 12.0 Å². The number of carbonyl (C=O) groups excluding carboxylic acids is 1. The van der Waals surface area contributed by atoms with E-state index in [1.54, 1.807) is 0 Å². The number of nitrogens with one attached hydrogen (secondary N) is 1. The number of ether oxygens (including phenoxy) is 1. The van der Waals surface area contributed by atoms with Crippen LogP contribution < -0.4 is 5.32 Å². The maximum absolute atomic E-state index is 12.3. The first-order chi connectivity index (χ1) is 7.83. The summed E-state index contributed by atoms with van der Waals surface area (Å²) in [7, 11) is 0. The number of rotatable bonds is 5. The van der Waals surface area contributed by atoms with Crippen molar-refractivity contribution in [2.75, 3.05) is 19.8 Å². The summed E-state index contributed by atoms with van der Waals surface area (Å²) < 4.78 is 5.46. The van der Waals surface area contributed by atoms with Gasteiger partial charge in [0.1, 0.15) is 5.78 Å². The summed E-state index contributed by atoms with van der Waals surface area (Å²) in [5.74, 6) is 0.913. The van der Waals surface area contributed by atoms with Crippen molar-refractivity contribution in [3.8, 4) is 0 Å². The van der Waals surface area contributed by atoms with Gasteiger partial charge >= 0.3 is 0 Å². The summed E-state index contributed by atoms with van der Waals surface area (Å²) in [4.78, 5) is 12.3. The molecule has 2 aliphatic rings. The smallest absolute Gasteiger partial charge is 0.142 e. The van der Waals surface area contributed by atoms with Gasteiger partial charge in [0.2, 0.25) is 0 Å². The summed E-state index contributed by atoms with van der Waals surface area (Å²) in [6, 6.07) is 0.271. The Hall–Kier alpha value is -0.410. The van der Waals surface area contributed by atoms with Gasteiger partial charge in [0.05, 0.1) is 19.1 Å². The van der Waals surface area contributed by atoms with Crippen molar-refractivity contribution in [2.45, 2.75) is 45.1 Å². The van der Waals surface area contributed by atoms with Gasteiger partial charge in [-0.2, -0.15) is 0 Å². The molecule has 92 valence electrons. The van der Waals surface area contributed by atoms with E-state index in [2.05, 4.69) is 12.2 Å². The molecular formula is C13H23NO2. The van der Waals surface area contributed by atoms with Crippen molar-refractivity contribution in [1.29, 1.82) is 0 Å². The molecular weight excluding hydrogens is 202 g/mol. The van der Waals surface area contributed by atoms with Crippen LogP contribution in [-0.4, -0.2) is 31.6 Å². The van der Waals surface area contributed by atoms with E-state index in [1.807, 2.05) is 0 Å². The van der Waals surface area contributed by atoms with Gasteiger partial charge in [-0.25, -0.2) is 0 Å². The third-order valence-corrected chi connectivity index (χ3v) is 3.86. The predicted molar refractivity (Wildman–Crippen MR) is 63.4 cm³/mol. The van der Waals surface area contributed by atoms with Crippen LogP contribution >= 0.6 is 0 Å². The van der Waals surface area contributed by atoms with Crippen molar-refractivity contribution in [2.24, 2.45) is 11.8 Å². The lowest BCUT2D eigenvalue weighted by Crippen LogP contribution is -2.41. The first-order valence-electron chi connectivity index (χ1n) is 6.67. The molecule has 1 N–H and O–H groups in total. The van der Waals surface area contributed by atoms with Crippen LogP contribution in [0.15, 0.2) is 0 Å². The molecule has 2 fully saturated rings. The molecule has 16 heavy (non-hydrogen) atoms. The van der Waals surface area contributed by atoms with Crippen LogP contribution in [0.5, 0.6) is 0 Å². The highest BCUT2D eigenvalue weighted by Crippen LogP contribution is 2.30. The molecule has 1 aliphatic carbocycles. The van der Waals surface area contributed by atoms with E-state index in [1.165, 1.54) is 12.8 Å². The number of carbonyl (C=O) groups is 1. The Morgan fingerprint density at radius 1 is 1.31 bits per heavy atom. The highest BCUT2D eigenvalue weighted by molar-refractivity contribution is 5.84. The Labute approximate surface area is 97.9 Å². The molecule has 3 heteroatoms. The van der Waals surface area contributed by atoms with Crippen LogP contribution in [0, 0.1) is 11.8 Å². The Morgan fingerprint density at radius 2 is 2.06 bits per heavy atom. The van der Waals surface area contributed by atoms with E-state index in [-0.39, 0.29) is 12.0 Å². The van der Waals surface area contributed by atoms with Crippen LogP contribution in [0.25, 0.3) is 0 Å². The highest BCUT2D eigenvalue weighted by atomic mass is 16.5. The fraction of sp³-hybridized carbons (Fsp3) is 0.923. The zero-order valence-electron chi connectivity index (χ0n) is 10.2. The van der Waals surface area contributed by atoms with Crippen LogP contribution in [0.4, 0.5) is 0 Å². The molecule has 3 nitrogen and oxygen atoms in total. The second kappa shape index (κ2) is 5.78. The third kappa shape index (κ3) is 2.64. The van der Waals surface area contributed by atoms with E-state index >= 15 is 0 Å². The highest BCUT2D eigenvalue weighted by Gasteiger charge is 2.37. The second-order valence-electron chi connectivity index (χ2n) is 5.09. The lowest BCUT2D eigenvalue weighted by Gasteiger charge is -2.20. The molecule has 0 aromatic carbocycles. The largest absolute Gasteiger partial charge is 0.379 e. The molecule has 1 heterocycles. The summed E-state index contributed by atoms with van der Waals surface area (Å²) in [6.07, 6.45) is 5.79. The lowest BCUT2D eigenvalue weighted by molar-refractivity contribution is -0.127. The van der Waals surface area contributed by atoms with Crippen LogP contribution in [0.1, 0.15) is 39.0 Å². The minimum absolute atomic E-state index is 0.120. The van der Waals surface area contributed by atoms with Gasteiger partial charge in [-0.15, -0.1) is 0 Å². The molecule has 1 saturated carbocycles. The fourth-order valence-electron chi connectivity index (χ4n) is 2.88. The Balaban J connectivity index is 1.88. The number of ketones is 1. The molecule has 0 aromatic rings. The van der Waals surface area contributed by atoms with Crippen LogP contribution in [0.2, 0.25) is 0 Å². The molecule has 2 unspecified atom stereocenters. The van der Waals surface area contributed by atoms with Gasteiger partial charge in [0.15, 0.2) is 0 Å². The van der Waals surface area contributed by atoms with E-state index in [0.717, 1.165) is 25.8 Å². The first kappa shape index (κ1) is 12.1. The average Bonchev–Trinajstić information content (AvgIpc) is 2.96.